The summed E-state index contributed by atoms with van der Waals surface area (Å²) in [5, 5.41) is 6.08. The molecular weight excluding hydrogens is 232 g/mol. The quantitative estimate of drug-likeness (QED) is 0.762. The molecule has 0 atom stereocenters. The van der Waals surface area contributed by atoms with Gasteiger partial charge in [-0.1, -0.05) is 6.92 Å². The summed E-state index contributed by atoms with van der Waals surface area (Å²) in [6.45, 7) is 2.54. The summed E-state index contributed by atoms with van der Waals surface area (Å²) in [6.07, 6.45) is 2.41. The van der Waals surface area contributed by atoms with Gasteiger partial charge in [0, 0.05) is 16.6 Å². The van der Waals surface area contributed by atoms with E-state index in [1.54, 1.807) is 11.8 Å². The Bertz CT molecular complexity index is 374. The topological polar surface area (TPSA) is 41.1 Å². The molecule has 2 N–H and O–H groups in total. The molecule has 0 bridgehead atoms. The first-order valence-electron chi connectivity index (χ1n) is 6.04. The maximum absolute atomic E-state index is 11.6. The minimum absolute atomic E-state index is 0.0350. The molecule has 2 rings (SSSR count). The van der Waals surface area contributed by atoms with Crippen molar-refractivity contribution in [1.82, 2.24) is 5.32 Å². The lowest BCUT2D eigenvalue weighted by Gasteiger charge is -2.06. The molecule has 0 aromatic heterocycles. The smallest absolute Gasteiger partial charge is 0.238 e. The number of rotatable bonds is 6. The van der Waals surface area contributed by atoms with Crippen molar-refractivity contribution in [3.63, 3.8) is 0 Å². The summed E-state index contributed by atoms with van der Waals surface area (Å²) >= 11 is 1.80. The van der Waals surface area contributed by atoms with E-state index in [0.29, 0.717) is 12.6 Å². The normalized spacial score (nSPS) is 14.6. The van der Waals surface area contributed by atoms with Gasteiger partial charge in [-0.25, -0.2) is 0 Å². The number of thioether (sulfide) groups is 1. The molecule has 92 valence electrons. The summed E-state index contributed by atoms with van der Waals surface area (Å²) in [6, 6.07) is 8.56. The largest absolute Gasteiger partial charge is 0.325 e. The van der Waals surface area contributed by atoms with Crippen LogP contribution in [-0.4, -0.2) is 24.2 Å². The zero-order valence-electron chi connectivity index (χ0n) is 10.0. The van der Waals surface area contributed by atoms with Crippen LogP contribution in [-0.2, 0) is 4.79 Å². The third-order valence-electron chi connectivity index (χ3n) is 2.58. The second-order valence-electron chi connectivity index (χ2n) is 4.16. The van der Waals surface area contributed by atoms with Crippen molar-refractivity contribution in [3.8, 4) is 0 Å². The Balaban J connectivity index is 1.78. The van der Waals surface area contributed by atoms with Gasteiger partial charge in [0.2, 0.25) is 5.91 Å². The summed E-state index contributed by atoms with van der Waals surface area (Å²) in [7, 11) is 0. The molecule has 1 aromatic rings. The Morgan fingerprint density at radius 1 is 1.35 bits per heavy atom. The molecule has 0 unspecified atom stereocenters. The standard InChI is InChI=1S/C13H18N2OS/c1-2-17-12-7-5-11(6-8-12)15-13(16)9-14-10-3-4-10/h5-8,10,14H,2-4,9H2,1H3,(H,15,16). The van der Waals surface area contributed by atoms with Gasteiger partial charge in [-0.15, -0.1) is 11.8 Å². The number of anilines is 1. The van der Waals surface area contributed by atoms with Crippen molar-refractivity contribution < 1.29 is 4.79 Å². The van der Waals surface area contributed by atoms with Gasteiger partial charge >= 0.3 is 0 Å². The van der Waals surface area contributed by atoms with Crippen LogP contribution in [0.5, 0.6) is 0 Å². The van der Waals surface area contributed by atoms with Gasteiger partial charge in [-0.05, 0) is 42.9 Å². The van der Waals surface area contributed by atoms with Crippen LogP contribution in [0.2, 0.25) is 0 Å². The zero-order chi connectivity index (χ0) is 12.1. The van der Waals surface area contributed by atoms with Crippen molar-refractivity contribution in [2.45, 2.75) is 30.7 Å². The third-order valence-corrected chi connectivity index (χ3v) is 3.47. The predicted molar refractivity (Wildman–Crippen MR) is 72.5 cm³/mol. The van der Waals surface area contributed by atoms with E-state index in [4.69, 9.17) is 0 Å². The second-order valence-corrected chi connectivity index (χ2v) is 5.50. The van der Waals surface area contributed by atoms with E-state index in [0.717, 1.165) is 11.4 Å². The van der Waals surface area contributed by atoms with Crippen LogP contribution in [0.1, 0.15) is 19.8 Å². The Morgan fingerprint density at radius 3 is 2.65 bits per heavy atom. The van der Waals surface area contributed by atoms with Crippen LogP contribution in [0.4, 0.5) is 5.69 Å². The van der Waals surface area contributed by atoms with Crippen LogP contribution >= 0.6 is 11.8 Å². The number of hydrogen-bond acceptors (Lipinski definition) is 3. The molecule has 0 spiro atoms. The van der Waals surface area contributed by atoms with Crippen LogP contribution < -0.4 is 10.6 Å². The number of hydrogen-bond donors (Lipinski definition) is 2. The number of amides is 1. The summed E-state index contributed by atoms with van der Waals surface area (Å²) < 4.78 is 0. The average molecular weight is 250 g/mol. The molecule has 1 aliphatic rings. The predicted octanol–water partition coefficient (Wildman–Crippen LogP) is 2.49. The third kappa shape index (κ3) is 4.40. The van der Waals surface area contributed by atoms with Crippen molar-refractivity contribution in [2.75, 3.05) is 17.6 Å². The fraction of sp³-hybridized carbons (Fsp3) is 0.462. The maximum atomic E-state index is 11.6. The molecule has 0 aliphatic heterocycles. The minimum Gasteiger partial charge on any atom is -0.325 e. The first-order chi connectivity index (χ1) is 8.28. The molecule has 0 saturated heterocycles. The Labute approximate surface area is 106 Å². The minimum atomic E-state index is 0.0350. The van der Waals surface area contributed by atoms with E-state index in [2.05, 4.69) is 17.6 Å². The highest BCUT2D eigenvalue weighted by molar-refractivity contribution is 7.99. The first-order valence-corrected chi connectivity index (χ1v) is 7.02. The van der Waals surface area contributed by atoms with Crippen LogP contribution in [0, 0.1) is 0 Å². The van der Waals surface area contributed by atoms with Crippen LogP contribution in [0.25, 0.3) is 0 Å². The van der Waals surface area contributed by atoms with Gasteiger partial charge in [0.15, 0.2) is 0 Å². The molecule has 1 aliphatic carbocycles. The van der Waals surface area contributed by atoms with Gasteiger partial charge in [0.05, 0.1) is 6.54 Å². The van der Waals surface area contributed by atoms with Gasteiger partial charge < -0.3 is 10.6 Å². The Morgan fingerprint density at radius 2 is 2.06 bits per heavy atom. The summed E-state index contributed by atoms with van der Waals surface area (Å²) in [4.78, 5) is 12.8. The van der Waals surface area contributed by atoms with E-state index in [-0.39, 0.29) is 5.91 Å². The van der Waals surface area contributed by atoms with E-state index in [1.807, 2.05) is 24.3 Å². The van der Waals surface area contributed by atoms with Gasteiger partial charge in [0.1, 0.15) is 0 Å². The van der Waals surface area contributed by atoms with Gasteiger partial charge in [-0.3, -0.25) is 4.79 Å². The summed E-state index contributed by atoms with van der Waals surface area (Å²) in [5.41, 5.74) is 0.869. The molecule has 17 heavy (non-hydrogen) atoms. The number of nitrogens with one attached hydrogen (secondary N) is 2. The molecule has 1 amide bonds. The van der Waals surface area contributed by atoms with Crippen LogP contribution in [0.15, 0.2) is 29.2 Å². The molecule has 4 heteroatoms. The number of carbonyl (C=O) groups is 1. The van der Waals surface area contributed by atoms with Crippen molar-refractivity contribution in [2.24, 2.45) is 0 Å². The fourth-order valence-corrected chi connectivity index (χ4v) is 2.19. The van der Waals surface area contributed by atoms with Crippen molar-refractivity contribution in [3.05, 3.63) is 24.3 Å². The van der Waals surface area contributed by atoms with Crippen molar-refractivity contribution >= 4 is 23.4 Å². The Hall–Kier alpha value is -1.00. The molecule has 0 radical (unpaired) electrons. The van der Waals surface area contributed by atoms with E-state index in [9.17, 15) is 4.79 Å². The molecule has 3 nitrogen and oxygen atoms in total. The highest BCUT2D eigenvalue weighted by Crippen LogP contribution is 2.20. The fourth-order valence-electron chi connectivity index (χ4n) is 1.53. The average Bonchev–Trinajstić information content (AvgIpc) is 3.13. The molecule has 1 saturated carbocycles. The van der Waals surface area contributed by atoms with Crippen molar-refractivity contribution in [1.29, 1.82) is 0 Å². The Kier molecular flexibility index (Phi) is 4.45. The van der Waals surface area contributed by atoms with E-state index >= 15 is 0 Å². The van der Waals surface area contributed by atoms with Gasteiger partial charge in [0.25, 0.3) is 0 Å². The molecule has 0 heterocycles. The zero-order valence-corrected chi connectivity index (χ0v) is 10.8. The SMILES string of the molecule is CCSc1ccc(NC(=O)CNC2CC2)cc1. The monoisotopic (exact) mass is 250 g/mol. The highest BCUT2D eigenvalue weighted by Gasteiger charge is 2.20. The van der Waals surface area contributed by atoms with Gasteiger partial charge in [-0.2, -0.15) is 0 Å². The maximum Gasteiger partial charge on any atom is 0.238 e. The molecular formula is C13H18N2OS. The highest BCUT2D eigenvalue weighted by atomic mass is 32.2. The molecule has 1 fully saturated rings. The lowest BCUT2D eigenvalue weighted by molar-refractivity contribution is -0.115. The lowest BCUT2D eigenvalue weighted by atomic mass is 10.3. The number of carbonyl (C=O) groups excluding carboxylic acids is 1. The van der Waals surface area contributed by atoms with E-state index < -0.39 is 0 Å². The second kappa shape index (κ2) is 6.07. The first kappa shape index (κ1) is 12.5. The summed E-state index contributed by atoms with van der Waals surface area (Å²) in [5.74, 6) is 1.10. The number of benzene rings is 1. The van der Waals surface area contributed by atoms with Crippen LogP contribution in [0.3, 0.4) is 0 Å². The van der Waals surface area contributed by atoms with E-state index in [1.165, 1.54) is 17.7 Å². The lowest BCUT2D eigenvalue weighted by Crippen LogP contribution is -2.29. The molecule has 1 aromatic carbocycles.